The lowest BCUT2D eigenvalue weighted by atomic mass is 10.1. The second-order valence-corrected chi connectivity index (χ2v) is 8.28. The summed E-state index contributed by atoms with van der Waals surface area (Å²) in [5.41, 5.74) is 1.78. The molecule has 0 N–H and O–H groups in total. The average molecular weight is 402 g/mol. The van der Waals surface area contributed by atoms with Gasteiger partial charge in [0.2, 0.25) is 0 Å². The third-order valence-electron chi connectivity index (χ3n) is 4.28. The van der Waals surface area contributed by atoms with Gasteiger partial charge in [-0.3, -0.25) is 9.69 Å². The number of thioether (sulfide) groups is 1. The van der Waals surface area contributed by atoms with Crippen LogP contribution in [0, 0.1) is 0 Å². The molecule has 0 atom stereocenters. The highest BCUT2D eigenvalue weighted by molar-refractivity contribution is 8.26. The van der Waals surface area contributed by atoms with Gasteiger partial charge in [-0.15, -0.1) is 0 Å². The van der Waals surface area contributed by atoms with Gasteiger partial charge in [-0.25, -0.2) is 0 Å². The topological polar surface area (TPSA) is 29.5 Å². The van der Waals surface area contributed by atoms with E-state index in [0.717, 1.165) is 24.0 Å². The molecule has 1 saturated carbocycles. The number of carbonyl (C=O) groups is 1. The van der Waals surface area contributed by atoms with E-state index in [2.05, 4.69) is 0 Å². The molecule has 6 heteroatoms. The van der Waals surface area contributed by atoms with Gasteiger partial charge in [-0.2, -0.15) is 0 Å². The number of benzene rings is 2. The van der Waals surface area contributed by atoms with Gasteiger partial charge >= 0.3 is 0 Å². The average Bonchev–Trinajstić information content (AvgIpc) is 3.42. The Bertz CT molecular complexity index is 908. The summed E-state index contributed by atoms with van der Waals surface area (Å²) in [4.78, 5) is 15.0. The summed E-state index contributed by atoms with van der Waals surface area (Å²) >= 11 is 12.9. The van der Waals surface area contributed by atoms with Crippen LogP contribution in [0.25, 0.3) is 6.08 Å². The smallest absolute Gasteiger partial charge is 0.266 e. The molecule has 2 fully saturated rings. The molecule has 2 aromatic carbocycles. The number of halogens is 1. The molecule has 132 valence electrons. The summed E-state index contributed by atoms with van der Waals surface area (Å²) in [5.74, 6) is 0.715. The van der Waals surface area contributed by atoms with Crippen LogP contribution in [0.3, 0.4) is 0 Å². The van der Waals surface area contributed by atoms with Crippen LogP contribution < -0.4 is 4.74 Å². The van der Waals surface area contributed by atoms with E-state index in [1.165, 1.54) is 11.8 Å². The van der Waals surface area contributed by atoms with Crippen molar-refractivity contribution in [3.8, 4) is 5.75 Å². The lowest BCUT2D eigenvalue weighted by molar-refractivity contribution is -0.122. The Hall–Kier alpha value is -1.82. The van der Waals surface area contributed by atoms with E-state index >= 15 is 0 Å². The van der Waals surface area contributed by atoms with Gasteiger partial charge in [0.15, 0.2) is 0 Å². The lowest BCUT2D eigenvalue weighted by Crippen LogP contribution is -2.30. The minimum absolute atomic E-state index is 0.00315. The fourth-order valence-electron chi connectivity index (χ4n) is 2.77. The van der Waals surface area contributed by atoms with Crippen LogP contribution in [0.15, 0.2) is 53.4 Å². The SMILES string of the molecule is O=C1/C(=C\c2ccccc2OCc2ccccc2Cl)SC(=S)N1C1CC1. The molecule has 26 heavy (non-hydrogen) atoms. The molecule has 0 bridgehead atoms. The van der Waals surface area contributed by atoms with Gasteiger partial charge in [-0.05, 0) is 31.1 Å². The molecular formula is C20H16ClNO2S2. The fraction of sp³-hybridized carbons (Fsp3) is 0.200. The predicted octanol–water partition coefficient (Wildman–Crippen LogP) is 5.28. The van der Waals surface area contributed by atoms with Crippen molar-refractivity contribution in [2.75, 3.05) is 0 Å². The molecule has 1 amide bonds. The molecule has 0 spiro atoms. The van der Waals surface area contributed by atoms with Gasteiger partial charge < -0.3 is 4.74 Å². The maximum absolute atomic E-state index is 12.6. The van der Waals surface area contributed by atoms with Gasteiger partial charge in [0, 0.05) is 22.2 Å². The van der Waals surface area contributed by atoms with Crippen LogP contribution >= 0.6 is 35.6 Å². The summed E-state index contributed by atoms with van der Waals surface area (Å²) in [7, 11) is 0. The number of thiocarbonyl (C=S) groups is 1. The summed E-state index contributed by atoms with van der Waals surface area (Å²) in [6.07, 6.45) is 3.94. The Morgan fingerprint density at radius 3 is 2.69 bits per heavy atom. The first-order valence-electron chi connectivity index (χ1n) is 8.36. The van der Waals surface area contributed by atoms with Crippen LogP contribution in [0.4, 0.5) is 0 Å². The van der Waals surface area contributed by atoms with E-state index in [4.69, 9.17) is 28.6 Å². The summed E-state index contributed by atoms with van der Waals surface area (Å²) < 4.78 is 6.62. The number of hydrogen-bond acceptors (Lipinski definition) is 4. The second-order valence-electron chi connectivity index (χ2n) is 6.20. The number of amides is 1. The Balaban J connectivity index is 1.55. The molecule has 0 aromatic heterocycles. The molecular weight excluding hydrogens is 386 g/mol. The zero-order valence-electron chi connectivity index (χ0n) is 13.9. The maximum Gasteiger partial charge on any atom is 0.266 e. The Morgan fingerprint density at radius 2 is 1.92 bits per heavy atom. The van der Waals surface area contributed by atoms with E-state index in [9.17, 15) is 4.79 Å². The van der Waals surface area contributed by atoms with E-state index in [1.54, 1.807) is 4.90 Å². The number of carbonyl (C=O) groups excluding carboxylic acids is 1. The molecule has 1 aliphatic carbocycles. The summed E-state index contributed by atoms with van der Waals surface area (Å²) in [6.45, 7) is 0.369. The van der Waals surface area contributed by atoms with Gasteiger partial charge in [-0.1, -0.05) is 72.0 Å². The molecule has 2 aromatic rings. The van der Waals surface area contributed by atoms with Crippen molar-refractivity contribution in [2.45, 2.75) is 25.5 Å². The largest absolute Gasteiger partial charge is 0.488 e. The number of para-hydroxylation sites is 1. The molecule has 1 saturated heterocycles. The van der Waals surface area contributed by atoms with Crippen molar-refractivity contribution in [1.29, 1.82) is 0 Å². The number of hydrogen-bond donors (Lipinski definition) is 0. The standard InChI is InChI=1S/C20H16ClNO2S2/c21-16-7-3-1-6-14(16)12-24-17-8-4-2-5-13(17)11-18-19(23)22(15-9-10-15)20(25)26-18/h1-8,11,15H,9-10,12H2/b18-11+. The van der Waals surface area contributed by atoms with Crippen LogP contribution in [0.1, 0.15) is 24.0 Å². The van der Waals surface area contributed by atoms with Crippen LogP contribution in [-0.4, -0.2) is 21.2 Å². The summed E-state index contributed by atoms with van der Waals surface area (Å²) in [6, 6.07) is 15.6. The number of rotatable bonds is 5. The van der Waals surface area contributed by atoms with E-state index in [1.807, 2.05) is 54.6 Å². The number of nitrogens with zero attached hydrogens (tertiary/aromatic N) is 1. The Labute approximate surface area is 167 Å². The van der Waals surface area contributed by atoms with E-state index in [-0.39, 0.29) is 5.91 Å². The van der Waals surface area contributed by atoms with Crippen molar-refractivity contribution in [1.82, 2.24) is 4.90 Å². The van der Waals surface area contributed by atoms with Crippen molar-refractivity contribution >= 4 is 51.9 Å². The summed E-state index contributed by atoms with van der Waals surface area (Å²) in [5, 5.41) is 0.676. The minimum atomic E-state index is 0.00315. The Morgan fingerprint density at radius 1 is 1.19 bits per heavy atom. The number of ether oxygens (including phenoxy) is 1. The normalized spacial score (nSPS) is 18.7. The lowest BCUT2D eigenvalue weighted by Gasteiger charge is -2.12. The van der Waals surface area contributed by atoms with Gasteiger partial charge in [0.05, 0.1) is 4.91 Å². The molecule has 4 rings (SSSR count). The third-order valence-corrected chi connectivity index (χ3v) is 5.98. The van der Waals surface area contributed by atoms with Crippen LogP contribution in [-0.2, 0) is 11.4 Å². The highest BCUT2D eigenvalue weighted by Crippen LogP contribution is 2.40. The molecule has 1 aliphatic heterocycles. The predicted molar refractivity (Wildman–Crippen MR) is 110 cm³/mol. The Kier molecular flexibility index (Phi) is 5.02. The van der Waals surface area contributed by atoms with Crippen LogP contribution in [0.5, 0.6) is 5.75 Å². The zero-order chi connectivity index (χ0) is 18.1. The minimum Gasteiger partial charge on any atom is -0.488 e. The first-order chi connectivity index (χ1) is 12.6. The highest BCUT2D eigenvalue weighted by atomic mass is 35.5. The van der Waals surface area contributed by atoms with Crippen molar-refractivity contribution < 1.29 is 9.53 Å². The quantitative estimate of drug-likeness (QED) is 0.503. The van der Waals surface area contributed by atoms with Gasteiger partial charge in [0.25, 0.3) is 5.91 Å². The molecule has 3 nitrogen and oxygen atoms in total. The second kappa shape index (κ2) is 7.43. The van der Waals surface area contributed by atoms with Crippen molar-refractivity contribution in [2.24, 2.45) is 0 Å². The molecule has 2 aliphatic rings. The zero-order valence-corrected chi connectivity index (χ0v) is 16.2. The van der Waals surface area contributed by atoms with E-state index in [0.29, 0.717) is 32.6 Å². The first-order valence-corrected chi connectivity index (χ1v) is 9.96. The van der Waals surface area contributed by atoms with Gasteiger partial charge in [0.1, 0.15) is 16.7 Å². The first kappa shape index (κ1) is 17.6. The fourth-order valence-corrected chi connectivity index (χ4v) is 4.35. The monoisotopic (exact) mass is 401 g/mol. The molecule has 0 radical (unpaired) electrons. The van der Waals surface area contributed by atoms with Crippen molar-refractivity contribution in [3.05, 3.63) is 69.6 Å². The molecule has 0 unspecified atom stereocenters. The highest BCUT2D eigenvalue weighted by Gasteiger charge is 2.41. The molecule has 1 heterocycles. The van der Waals surface area contributed by atoms with Crippen molar-refractivity contribution in [3.63, 3.8) is 0 Å². The van der Waals surface area contributed by atoms with E-state index < -0.39 is 0 Å². The maximum atomic E-state index is 12.6. The third kappa shape index (κ3) is 3.65. The van der Waals surface area contributed by atoms with Crippen LogP contribution in [0.2, 0.25) is 5.02 Å².